The quantitative estimate of drug-likeness (QED) is 0.338. The minimum absolute atomic E-state index is 0.0509. The summed E-state index contributed by atoms with van der Waals surface area (Å²) in [6.07, 6.45) is 3.87. The van der Waals surface area contributed by atoms with E-state index in [4.69, 9.17) is 39.8 Å². The Labute approximate surface area is 221 Å². The molecule has 0 radical (unpaired) electrons. The van der Waals surface area contributed by atoms with Crippen LogP contribution < -0.4 is 14.9 Å². The smallest absolute Gasteiger partial charge is 0.242 e. The number of hydrogen-bond donors (Lipinski definition) is 2. The van der Waals surface area contributed by atoms with Crippen molar-refractivity contribution >= 4 is 67.5 Å². The van der Waals surface area contributed by atoms with Gasteiger partial charge in [-0.15, -0.1) is 0 Å². The molecule has 2 aromatic carbocycles. The highest BCUT2D eigenvalue weighted by molar-refractivity contribution is 7.89. The molecular formula is C24H28Cl3N5O2S. The monoisotopic (exact) mass is 555 g/mol. The summed E-state index contributed by atoms with van der Waals surface area (Å²) in [4.78, 5) is 11.3. The molecule has 0 aliphatic heterocycles. The van der Waals surface area contributed by atoms with Crippen LogP contribution in [0, 0.1) is 11.8 Å². The molecule has 0 saturated heterocycles. The van der Waals surface area contributed by atoms with Gasteiger partial charge >= 0.3 is 0 Å². The Hall–Kier alpha value is -1.84. The van der Waals surface area contributed by atoms with Crippen LogP contribution in [-0.2, 0) is 10.0 Å². The number of nitrogens with one attached hydrogen (secondary N) is 2. The van der Waals surface area contributed by atoms with Gasteiger partial charge in [0.15, 0.2) is 0 Å². The van der Waals surface area contributed by atoms with Crippen LogP contribution in [0.15, 0.2) is 41.3 Å². The van der Waals surface area contributed by atoms with E-state index >= 15 is 0 Å². The van der Waals surface area contributed by atoms with Gasteiger partial charge in [0.05, 0.1) is 20.6 Å². The van der Waals surface area contributed by atoms with Gasteiger partial charge in [0.1, 0.15) is 10.7 Å². The maximum Gasteiger partial charge on any atom is 0.242 e. The van der Waals surface area contributed by atoms with Crippen LogP contribution in [0.25, 0.3) is 10.9 Å². The number of hydrogen-bond acceptors (Lipinski definition) is 6. The molecule has 3 aromatic rings. The topological polar surface area (TPSA) is 87.2 Å². The van der Waals surface area contributed by atoms with E-state index in [0.29, 0.717) is 18.4 Å². The molecule has 2 N–H and O–H groups in total. The van der Waals surface area contributed by atoms with Crippen LogP contribution in [0.5, 0.6) is 0 Å². The number of benzene rings is 2. The van der Waals surface area contributed by atoms with Gasteiger partial charge in [-0.05, 0) is 61.8 Å². The Balaban J connectivity index is 1.30. The maximum atomic E-state index is 12.7. The summed E-state index contributed by atoms with van der Waals surface area (Å²) in [5.74, 6) is 2.25. The highest BCUT2D eigenvalue weighted by Gasteiger charge is 2.25. The van der Waals surface area contributed by atoms with Gasteiger partial charge in [-0.2, -0.15) is 4.98 Å². The van der Waals surface area contributed by atoms with E-state index in [1.165, 1.54) is 12.1 Å². The molecular weight excluding hydrogens is 529 g/mol. The van der Waals surface area contributed by atoms with Crippen LogP contribution >= 0.6 is 34.8 Å². The van der Waals surface area contributed by atoms with Gasteiger partial charge in [-0.3, -0.25) is 0 Å². The average Bonchev–Trinajstić information content (AvgIpc) is 2.83. The Kier molecular flexibility index (Phi) is 8.28. The number of sulfonamides is 1. The van der Waals surface area contributed by atoms with E-state index in [-0.39, 0.29) is 25.9 Å². The van der Waals surface area contributed by atoms with Crippen molar-refractivity contribution in [3.05, 3.63) is 51.5 Å². The summed E-state index contributed by atoms with van der Waals surface area (Å²) in [6.45, 7) is 1.14. The van der Waals surface area contributed by atoms with E-state index in [0.717, 1.165) is 48.9 Å². The molecule has 11 heteroatoms. The van der Waals surface area contributed by atoms with Crippen LogP contribution in [0.1, 0.15) is 25.7 Å². The second kappa shape index (κ2) is 11.0. The van der Waals surface area contributed by atoms with Gasteiger partial charge < -0.3 is 10.2 Å². The molecule has 1 heterocycles. The van der Waals surface area contributed by atoms with E-state index in [9.17, 15) is 8.42 Å². The van der Waals surface area contributed by atoms with Crippen molar-refractivity contribution in [3.8, 4) is 0 Å². The summed E-state index contributed by atoms with van der Waals surface area (Å²) >= 11 is 18.0. The highest BCUT2D eigenvalue weighted by atomic mass is 35.5. The van der Waals surface area contributed by atoms with Crippen LogP contribution in [-0.4, -0.2) is 45.6 Å². The number of para-hydroxylation sites is 1. The lowest BCUT2D eigenvalue weighted by molar-refractivity contribution is 0.284. The summed E-state index contributed by atoms with van der Waals surface area (Å²) in [5, 5.41) is 4.85. The minimum Gasteiger partial charge on any atom is -0.362 e. The van der Waals surface area contributed by atoms with Crippen molar-refractivity contribution in [1.29, 1.82) is 0 Å². The molecule has 0 atom stereocenters. The molecule has 1 aromatic heterocycles. The standard InChI is InChI=1S/C24H28Cl3N5O2S/c1-32(2)23-17-5-3-4-6-21(17)30-24(31-23)28-13-15-7-9-16(10-8-15)14-29-35(33,34)22-12-19(26)18(25)11-20(22)27/h3-6,11-12,15-16,29H,7-10,13-14H2,1-2H3,(H,28,30,31). The fourth-order valence-electron chi connectivity index (χ4n) is 4.37. The maximum absolute atomic E-state index is 12.7. The molecule has 1 fully saturated rings. The molecule has 0 spiro atoms. The zero-order valence-electron chi connectivity index (χ0n) is 19.6. The van der Waals surface area contributed by atoms with Crippen LogP contribution in [0.4, 0.5) is 11.8 Å². The Morgan fingerprint density at radius 3 is 2.23 bits per heavy atom. The molecule has 0 amide bonds. The van der Waals surface area contributed by atoms with Crippen LogP contribution in [0.2, 0.25) is 15.1 Å². The highest BCUT2D eigenvalue weighted by Crippen LogP contribution is 2.33. The van der Waals surface area contributed by atoms with Crippen molar-refractivity contribution in [3.63, 3.8) is 0 Å². The Bertz CT molecular complexity index is 1310. The van der Waals surface area contributed by atoms with Gasteiger partial charge in [0.2, 0.25) is 16.0 Å². The summed E-state index contributed by atoms with van der Waals surface area (Å²) < 4.78 is 28.1. The van der Waals surface area contributed by atoms with Gasteiger partial charge in [-0.1, -0.05) is 46.9 Å². The Morgan fingerprint density at radius 2 is 1.54 bits per heavy atom. The lowest BCUT2D eigenvalue weighted by Crippen LogP contribution is -2.32. The molecule has 0 bridgehead atoms. The number of anilines is 2. The Morgan fingerprint density at radius 1 is 0.914 bits per heavy atom. The number of nitrogens with zero attached hydrogens (tertiary/aromatic N) is 3. The normalized spacial score (nSPS) is 18.5. The first-order chi connectivity index (χ1) is 16.6. The largest absolute Gasteiger partial charge is 0.362 e. The van der Waals surface area contributed by atoms with Crippen molar-refractivity contribution < 1.29 is 8.42 Å². The number of rotatable bonds is 8. The first kappa shape index (κ1) is 26.2. The number of aromatic nitrogens is 2. The van der Waals surface area contributed by atoms with Gasteiger partial charge in [-0.25, -0.2) is 18.1 Å². The first-order valence-corrected chi connectivity index (χ1v) is 14.1. The SMILES string of the molecule is CN(C)c1nc(NCC2CCC(CNS(=O)(=O)c3cc(Cl)c(Cl)cc3Cl)CC2)nc2ccccc12. The molecule has 188 valence electrons. The van der Waals surface area contributed by atoms with Crippen LogP contribution in [0.3, 0.4) is 0 Å². The second-order valence-corrected chi connectivity index (χ2v) is 12.1. The molecule has 4 rings (SSSR count). The number of halogens is 3. The van der Waals surface area contributed by atoms with Crippen molar-refractivity contribution in [2.45, 2.75) is 30.6 Å². The second-order valence-electron chi connectivity index (χ2n) is 9.10. The van der Waals surface area contributed by atoms with Crippen molar-refractivity contribution in [2.24, 2.45) is 11.8 Å². The predicted molar refractivity (Wildman–Crippen MR) is 144 cm³/mol. The fraction of sp³-hybridized carbons (Fsp3) is 0.417. The van der Waals surface area contributed by atoms with E-state index in [1.54, 1.807) is 0 Å². The van der Waals surface area contributed by atoms with E-state index in [2.05, 4.69) is 15.0 Å². The molecule has 1 saturated carbocycles. The number of fused-ring (bicyclic) bond motifs is 1. The molecule has 7 nitrogen and oxygen atoms in total. The van der Waals surface area contributed by atoms with Gasteiger partial charge in [0, 0.05) is 32.6 Å². The first-order valence-electron chi connectivity index (χ1n) is 11.5. The minimum atomic E-state index is -3.78. The third kappa shape index (κ3) is 6.30. The van der Waals surface area contributed by atoms with Crippen molar-refractivity contribution in [1.82, 2.24) is 14.7 Å². The fourth-order valence-corrected chi connectivity index (χ4v) is 6.49. The third-order valence-corrected chi connectivity index (χ3v) is 8.96. The lowest BCUT2D eigenvalue weighted by Gasteiger charge is -2.29. The third-order valence-electron chi connectivity index (χ3n) is 6.35. The molecule has 1 aliphatic carbocycles. The summed E-state index contributed by atoms with van der Waals surface area (Å²) in [5.41, 5.74) is 0.909. The van der Waals surface area contributed by atoms with E-state index in [1.807, 2.05) is 43.3 Å². The predicted octanol–water partition coefficient (Wildman–Crippen LogP) is 5.85. The average molecular weight is 557 g/mol. The van der Waals surface area contributed by atoms with Gasteiger partial charge in [0.25, 0.3) is 0 Å². The molecule has 1 aliphatic rings. The molecule has 0 unspecified atom stereocenters. The summed E-state index contributed by atoms with van der Waals surface area (Å²) in [7, 11) is 0.175. The van der Waals surface area contributed by atoms with E-state index < -0.39 is 10.0 Å². The summed E-state index contributed by atoms with van der Waals surface area (Å²) in [6, 6.07) is 10.6. The van der Waals surface area contributed by atoms with Crippen molar-refractivity contribution in [2.75, 3.05) is 37.4 Å². The zero-order valence-corrected chi connectivity index (χ0v) is 22.6. The zero-order chi connectivity index (χ0) is 25.2. The molecule has 35 heavy (non-hydrogen) atoms. The lowest BCUT2D eigenvalue weighted by atomic mass is 9.82.